The highest BCUT2D eigenvalue weighted by molar-refractivity contribution is 6.24. The second-order valence-corrected chi connectivity index (χ2v) is 11.1. The second kappa shape index (κ2) is 9.40. The van der Waals surface area contributed by atoms with Gasteiger partial charge in [-0.2, -0.15) is 0 Å². The molecular weight excluding hydrogens is 522 g/mol. The summed E-state index contributed by atoms with van der Waals surface area (Å²) in [6, 6.07) is 53.5. The monoisotopic (exact) mass is 547 g/mol. The summed E-state index contributed by atoms with van der Waals surface area (Å²) in [7, 11) is 0. The Bertz CT molecular complexity index is 2470. The molecule has 2 heterocycles. The van der Waals surface area contributed by atoms with Gasteiger partial charge in [-0.15, -0.1) is 0 Å². The summed E-state index contributed by atoms with van der Waals surface area (Å²) in [5, 5.41) is 8.33. The van der Waals surface area contributed by atoms with Gasteiger partial charge in [0.1, 0.15) is 11.2 Å². The number of furan rings is 1. The average Bonchev–Trinajstić information content (AvgIpc) is 3.48. The Morgan fingerprint density at radius 3 is 1.53 bits per heavy atom. The number of hydrogen-bond donors (Lipinski definition) is 0. The first-order valence-corrected chi connectivity index (χ1v) is 14.6. The largest absolute Gasteiger partial charge is 0.455 e. The van der Waals surface area contributed by atoms with Crippen LogP contribution in [0.5, 0.6) is 0 Å². The normalized spacial score (nSPS) is 11.7. The summed E-state index contributed by atoms with van der Waals surface area (Å²) in [4.78, 5) is 5.28. The van der Waals surface area contributed by atoms with Crippen molar-refractivity contribution in [3.8, 4) is 33.5 Å². The van der Waals surface area contributed by atoms with Gasteiger partial charge in [-0.25, -0.2) is 4.98 Å². The lowest BCUT2D eigenvalue weighted by molar-refractivity contribution is 0.671. The lowest BCUT2D eigenvalue weighted by atomic mass is 9.96. The molecule has 9 aromatic rings. The maximum absolute atomic E-state index is 6.70. The highest BCUT2D eigenvalue weighted by Crippen LogP contribution is 2.41. The van der Waals surface area contributed by atoms with Gasteiger partial charge < -0.3 is 4.42 Å². The summed E-state index contributed by atoms with van der Waals surface area (Å²) in [6.07, 6.45) is 0. The second-order valence-electron chi connectivity index (χ2n) is 11.1. The van der Waals surface area contributed by atoms with Gasteiger partial charge in [-0.1, -0.05) is 133 Å². The van der Waals surface area contributed by atoms with Crippen molar-refractivity contribution in [1.29, 1.82) is 0 Å². The number of aromatic nitrogens is 1. The van der Waals surface area contributed by atoms with Crippen LogP contribution >= 0.6 is 0 Å². The minimum absolute atomic E-state index is 0.905. The highest BCUT2D eigenvalue weighted by Gasteiger charge is 2.16. The van der Waals surface area contributed by atoms with Gasteiger partial charge in [0, 0.05) is 38.2 Å². The molecule has 0 unspecified atom stereocenters. The van der Waals surface area contributed by atoms with Gasteiger partial charge in [0.2, 0.25) is 0 Å². The lowest BCUT2D eigenvalue weighted by Crippen LogP contribution is -1.90. The molecule has 2 aromatic heterocycles. The predicted octanol–water partition coefficient (Wildman–Crippen LogP) is 11.4. The van der Waals surface area contributed by atoms with E-state index >= 15 is 0 Å². The average molecular weight is 548 g/mol. The molecule has 0 radical (unpaired) electrons. The van der Waals surface area contributed by atoms with Crippen LogP contribution in [0.2, 0.25) is 0 Å². The van der Waals surface area contributed by atoms with Crippen LogP contribution in [0.15, 0.2) is 156 Å². The summed E-state index contributed by atoms with van der Waals surface area (Å²) in [5.74, 6) is 0. The highest BCUT2D eigenvalue weighted by atomic mass is 16.3. The van der Waals surface area contributed by atoms with E-state index in [1.807, 2.05) is 6.07 Å². The Kier molecular flexibility index (Phi) is 5.23. The van der Waals surface area contributed by atoms with Crippen molar-refractivity contribution in [3.63, 3.8) is 0 Å². The van der Waals surface area contributed by atoms with Gasteiger partial charge in [0.05, 0.1) is 11.2 Å². The minimum atomic E-state index is 0.905. The zero-order chi connectivity index (χ0) is 28.3. The van der Waals surface area contributed by atoms with E-state index in [-0.39, 0.29) is 0 Å². The fraction of sp³-hybridized carbons (Fsp3) is 0. The molecule has 0 aliphatic rings. The Labute approximate surface area is 248 Å². The van der Waals surface area contributed by atoms with E-state index < -0.39 is 0 Å². The lowest BCUT2D eigenvalue weighted by Gasteiger charge is -2.12. The molecule has 200 valence electrons. The molecule has 0 saturated carbocycles. The van der Waals surface area contributed by atoms with Crippen LogP contribution in [0.1, 0.15) is 0 Å². The summed E-state index contributed by atoms with van der Waals surface area (Å²) in [5.41, 5.74) is 9.33. The van der Waals surface area contributed by atoms with Gasteiger partial charge in [-0.3, -0.25) is 0 Å². The van der Waals surface area contributed by atoms with Crippen molar-refractivity contribution in [2.75, 3.05) is 0 Å². The minimum Gasteiger partial charge on any atom is -0.455 e. The maximum atomic E-state index is 6.70. The molecule has 9 rings (SSSR count). The van der Waals surface area contributed by atoms with Crippen LogP contribution in [0.3, 0.4) is 0 Å². The smallest absolute Gasteiger partial charge is 0.143 e. The fourth-order valence-electron chi connectivity index (χ4n) is 6.66. The fourth-order valence-corrected chi connectivity index (χ4v) is 6.66. The van der Waals surface area contributed by atoms with Gasteiger partial charge in [0.25, 0.3) is 0 Å². The van der Waals surface area contributed by atoms with E-state index in [1.54, 1.807) is 0 Å². The molecule has 2 nitrogen and oxygen atoms in total. The van der Waals surface area contributed by atoms with Crippen molar-refractivity contribution in [3.05, 3.63) is 152 Å². The van der Waals surface area contributed by atoms with E-state index in [1.165, 1.54) is 26.9 Å². The third kappa shape index (κ3) is 3.70. The molecule has 0 N–H and O–H groups in total. The Balaban J connectivity index is 1.22. The standard InChI is InChI=1S/C41H25NO/c1-2-11-26(12-3-1)29-19-9-21-36-37-22-10-20-30(41(37)43-40(29)36)27-13-8-14-28(25-27)38-24-23-35-33-17-5-4-15-31(33)32-16-6-7-18-34(32)39(35)42-38/h1-25H. The van der Waals surface area contributed by atoms with Gasteiger partial charge in [0.15, 0.2) is 0 Å². The topological polar surface area (TPSA) is 26.0 Å². The Morgan fingerprint density at radius 1 is 0.349 bits per heavy atom. The SMILES string of the molecule is c1ccc(-c2cccc3c2oc2c(-c4cccc(-c5ccc6c7ccccc7c7ccccc7c6n5)c4)cccc23)cc1. The third-order valence-corrected chi connectivity index (χ3v) is 8.66. The van der Waals surface area contributed by atoms with Crippen LogP contribution in [-0.4, -0.2) is 4.98 Å². The van der Waals surface area contributed by atoms with Crippen molar-refractivity contribution in [2.24, 2.45) is 0 Å². The molecule has 0 saturated heterocycles. The van der Waals surface area contributed by atoms with E-state index in [4.69, 9.17) is 9.40 Å². The van der Waals surface area contributed by atoms with Crippen LogP contribution in [0, 0.1) is 0 Å². The molecule has 0 amide bonds. The number of pyridine rings is 1. The molecule has 7 aromatic carbocycles. The number of nitrogens with zero attached hydrogens (tertiary/aromatic N) is 1. The van der Waals surface area contributed by atoms with E-state index in [0.717, 1.165) is 61.0 Å². The first-order valence-electron chi connectivity index (χ1n) is 14.6. The number of para-hydroxylation sites is 2. The van der Waals surface area contributed by atoms with E-state index in [9.17, 15) is 0 Å². The number of benzene rings is 7. The molecule has 0 spiro atoms. The number of fused-ring (bicyclic) bond motifs is 9. The first kappa shape index (κ1) is 23.9. The molecular formula is C41H25NO. The maximum Gasteiger partial charge on any atom is 0.143 e. The number of hydrogen-bond acceptors (Lipinski definition) is 2. The molecule has 0 fully saturated rings. The number of rotatable bonds is 3. The van der Waals surface area contributed by atoms with Crippen LogP contribution < -0.4 is 0 Å². The Morgan fingerprint density at radius 2 is 0.837 bits per heavy atom. The zero-order valence-electron chi connectivity index (χ0n) is 23.3. The van der Waals surface area contributed by atoms with Crippen molar-refractivity contribution < 1.29 is 4.42 Å². The van der Waals surface area contributed by atoms with Crippen LogP contribution in [0.25, 0.3) is 87.9 Å². The van der Waals surface area contributed by atoms with E-state index in [2.05, 4.69) is 146 Å². The molecule has 0 bridgehead atoms. The molecule has 0 aliphatic heterocycles. The summed E-state index contributed by atoms with van der Waals surface area (Å²) < 4.78 is 6.70. The zero-order valence-corrected chi connectivity index (χ0v) is 23.3. The van der Waals surface area contributed by atoms with Crippen molar-refractivity contribution in [1.82, 2.24) is 4.98 Å². The molecule has 43 heavy (non-hydrogen) atoms. The Hall–Kier alpha value is -5.73. The van der Waals surface area contributed by atoms with Crippen molar-refractivity contribution >= 4 is 54.4 Å². The van der Waals surface area contributed by atoms with Crippen LogP contribution in [0.4, 0.5) is 0 Å². The molecule has 2 heteroatoms. The van der Waals surface area contributed by atoms with Gasteiger partial charge in [-0.05, 0) is 45.5 Å². The predicted molar refractivity (Wildman–Crippen MR) is 180 cm³/mol. The van der Waals surface area contributed by atoms with Gasteiger partial charge >= 0.3 is 0 Å². The summed E-state index contributed by atoms with van der Waals surface area (Å²) in [6.45, 7) is 0. The van der Waals surface area contributed by atoms with Crippen LogP contribution in [-0.2, 0) is 0 Å². The van der Waals surface area contributed by atoms with Crippen molar-refractivity contribution in [2.45, 2.75) is 0 Å². The third-order valence-electron chi connectivity index (χ3n) is 8.66. The van der Waals surface area contributed by atoms with E-state index in [0.29, 0.717) is 0 Å². The first-order chi connectivity index (χ1) is 21.3. The molecule has 0 atom stereocenters. The molecule has 0 aliphatic carbocycles. The quantitative estimate of drug-likeness (QED) is 0.206. The summed E-state index contributed by atoms with van der Waals surface area (Å²) >= 11 is 0.